The first-order valence-corrected chi connectivity index (χ1v) is 5.30. The summed E-state index contributed by atoms with van der Waals surface area (Å²) < 4.78 is 39.1. The Morgan fingerprint density at radius 2 is 1.89 bits per heavy atom. The number of nitriles is 1. The molecule has 1 aromatic heterocycles. The van der Waals surface area contributed by atoms with Gasteiger partial charge in [0.25, 0.3) is 5.95 Å². The number of pyridine rings is 1. The van der Waals surface area contributed by atoms with Crippen LogP contribution in [0.5, 0.6) is 0 Å². The minimum absolute atomic E-state index is 0.357. The molecular formula is C13H8F3N3. The standard InChI is InChI=1S/C13H8F3N3/c1-7-2-3-8(6-17)4-11(7)18-13-10(15)5-9(14)12(16)19-13/h2-5H,1H3,(H,18,19). The van der Waals surface area contributed by atoms with E-state index in [9.17, 15) is 13.2 Å². The molecule has 0 fully saturated rings. The van der Waals surface area contributed by atoms with Gasteiger partial charge in [0.05, 0.1) is 11.6 Å². The fourth-order valence-electron chi connectivity index (χ4n) is 1.49. The lowest BCUT2D eigenvalue weighted by molar-refractivity contribution is 0.467. The van der Waals surface area contributed by atoms with Crippen LogP contribution in [-0.2, 0) is 0 Å². The van der Waals surface area contributed by atoms with E-state index in [1.165, 1.54) is 6.07 Å². The zero-order valence-electron chi connectivity index (χ0n) is 9.84. The SMILES string of the molecule is Cc1ccc(C#N)cc1Nc1nc(F)c(F)cc1F. The molecule has 0 bridgehead atoms. The number of aryl methyl sites for hydroxylation is 1. The zero-order chi connectivity index (χ0) is 14.0. The number of hydrogen-bond acceptors (Lipinski definition) is 3. The molecule has 0 spiro atoms. The van der Waals surface area contributed by atoms with Crippen LogP contribution in [0, 0.1) is 35.8 Å². The van der Waals surface area contributed by atoms with Crippen molar-refractivity contribution in [2.24, 2.45) is 0 Å². The zero-order valence-corrected chi connectivity index (χ0v) is 9.84. The Morgan fingerprint density at radius 1 is 1.16 bits per heavy atom. The quantitative estimate of drug-likeness (QED) is 0.844. The first kappa shape index (κ1) is 12.9. The van der Waals surface area contributed by atoms with E-state index in [4.69, 9.17) is 5.26 Å². The number of benzene rings is 1. The van der Waals surface area contributed by atoms with E-state index in [-0.39, 0.29) is 0 Å². The van der Waals surface area contributed by atoms with Crippen LogP contribution < -0.4 is 5.32 Å². The third-order valence-electron chi connectivity index (χ3n) is 2.51. The summed E-state index contributed by atoms with van der Waals surface area (Å²) >= 11 is 0. The highest BCUT2D eigenvalue weighted by molar-refractivity contribution is 5.62. The molecule has 6 heteroatoms. The van der Waals surface area contributed by atoms with E-state index < -0.39 is 23.4 Å². The molecule has 0 radical (unpaired) electrons. The normalized spacial score (nSPS) is 10.1. The second-order valence-electron chi connectivity index (χ2n) is 3.86. The number of halogens is 3. The molecule has 0 aliphatic heterocycles. The molecule has 1 aromatic carbocycles. The van der Waals surface area contributed by atoms with E-state index in [1.807, 2.05) is 6.07 Å². The molecule has 0 saturated carbocycles. The monoisotopic (exact) mass is 263 g/mol. The van der Waals surface area contributed by atoms with Gasteiger partial charge in [-0.2, -0.15) is 14.6 Å². The van der Waals surface area contributed by atoms with Crippen molar-refractivity contribution in [3.05, 3.63) is 53.0 Å². The maximum Gasteiger partial charge on any atom is 0.251 e. The Balaban J connectivity index is 2.42. The van der Waals surface area contributed by atoms with E-state index in [2.05, 4.69) is 10.3 Å². The van der Waals surface area contributed by atoms with E-state index in [0.29, 0.717) is 22.9 Å². The number of nitrogens with one attached hydrogen (secondary N) is 1. The molecule has 1 N–H and O–H groups in total. The van der Waals surface area contributed by atoms with Gasteiger partial charge in [-0.05, 0) is 24.6 Å². The van der Waals surface area contributed by atoms with Crippen LogP contribution in [0.15, 0.2) is 24.3 Å². The van der Waals surface area contributed by atoms with Gasteiger partial charge < -0.3 is 5.32 Å². The predicted molar refractivity (Wildman–Crippen MR) is 63.3 cm³/mol. The average molecular weight is 263 g/mol. The lowest BCUT2D eigenvalue weighted by atomic mass is 10.1. The van der Waals surface area contributed by atoms with Crippen molar-refractivity contribution < 1.29 is 13.2 Å². The van der Waals surface area contributed by atoms with Gasteiger partial charge in [0.2, 0.25) is 0 Å². The Morgan fingerprint density at radius 3 is 2.58 bits per heavy atom. The topological polar surface area (TPSA) is 48.7 Å². The van der Waals surface area contributed by atoms with Crippen molar-refractivity contribution in [2.75, 3.05) is 5.32 Å². The van der Waals surface area contributed by atoms with Crippen LogP contribution in [0.2, 0.25) is 0 Å². The molecule has 0 amide bonds. The molecule has 96 valence electrons. The Kier molecular flexibility index (Phi) is 3.38. The largest absolute Gasteiger partial charge is 0.337 e. The summed E-state index contributed by atoms with van der Waals surface area (Å²) in [6.07, 6.45) is 0. The molecule has 0 aliphatic rings. The van der Waals surface area contributed by atoms with Crippen LogP contribution in [0.25, 0.3) is 0 Å². The van der Waals surface area contributed by atoms with E-state index in [1.54, 1.807) is 19.1 Å². The van der Waals surface area contributed by atoms with Crippen molar-refractivity contribution in [2.45, 2.75) is 6.92 Å². The van der Waals surface area contributed by atoms with Crippen LogP contribution in [0.3, 0.4) is 0 Å². The number of nitrogens with zero attached hydrogens (tertiary/aromatic N) is 2. The van der Waals surface area contributed by atoms with E-state index >= 15 is 0 Å². The fraction of sp³-hybridized carbons (Fsp3) is 0.0769. The molecule has 0 atom stereocenters. The third-order valence-corrected chi connectivity index (χ3v) is 2.51. The van der Waals surface area contributed by atoms with Gasteiger partial charge in [-0.15, -0.1) is 0 Å². The van der Waals surface area contributed by atoms with Gasteiger partial charge >= 0.3 is 0 Å². The summed E-state index contributed by atoms with van der Waals surface area (Å²) in [4.78, 5) is 3.15. The Hall–Kier alpha value is -2.55. The molecule has 19 heavy (non-hydrogen) atoms. The highest BCUT2D eigenvalue weighted by Crippen LogP contribution is 2.23. The first-order chi connectivity index (χ1) is 9.01. The van der Waals surface area contributed by atoms with Gasteiger partial charge in [-0.3, -0.25) is 0 Å². The van der Waals surface area contributed by atoms with Crippen molar-refractivity contribution in [1.82, 2.24) is 4.98 Å². The van der Waals surface area contributed by atoms with Crippen molar-refractivity contribution in [3.8, 4) is 6.07 Å². The van der Waals surface area contributed by atoms with Gasteiger partial charge in [0.15, 0.2) is 17.5 Å². The molecule has 3 nitrogen and oxygen atoms in total. The first-order valence-electron chi connectivity index (χ1n) is 5.30. The molecular weight excluding hydrogens is 255 g/mol. The molecule has 1 heterocycles. The summed E-state index contributed by atoms with van der Waals surface area (Å²) in [6, 6.07) is 7.05. The summed E-state index contributed by atoms with van der Waals surface area (Å²) in [5.74, 6) is -4.19. The second kappa shape index (κ2) is 4.98. The minimum Gasteiger partial charge on any atom is -0.337 e. The van der Waals surface area contributed by atoms with Crippen molar-refractivity contribution in [1.29, 1.82) is 5.26 Å². The number of hydrogen-bond donors (Lipinski definition) is 1. The number of aromatic nitrogens is 1. The summed E-state index contributed by atoms with van der Waals surface area (Å²) in [5, 5.41) is 11.3. The van der Waals surface area contributed by atoms with Crippen molar-refractivity contribution in [3.63, 3.8) is 0 Å². The van der Waals surface area contributed by atoms with Crippen LogP contribution in [-0.4, -0.2) is 4.98 Å². The van der Waals surface area contributed by atoms with Gasteiger partial charge in [-0.25, -0.2) is 8.78 Å². The molecule has 0 saturated heterocycles. The summed E-state index contributed by atoms with van der Waals surface area (Å²) in [7, 11) is 0. The Bertz CT molecular complexity index is 678. The number of anilines is 2. The van der Waals surface area contributed by atoms with Gasteiger partial charge in [0, 0.05) is 11.8 Å². The fourth-order valence-corrected chi connectivity index (χ4v) is 1.49. The molecule has 2 aromatic rings. The van der Waals surface area contributed by atoms with Gasteiger partial charge in [0.1, 0.15) is 0 Å². The van der Waals surface area contributed by atoms with Crippen LogP contribution in [0.1, 0.15) is 11.1 Å². The number of rotatable bonds is 2. The van der Waals surface area contributed by atoms with Crippen molar-refractivity contribution >= 4 is 11.5 Å². The van der Waals surface area contributed by atoms with Gasteiger partial charge in [-0.1, -0.05) is 6.07 Å². The van der Waals surface area contributed by atoms with E-state index in [0.717, 1.165) is 0 Å². The molecule has 0 aliphatic carbocycles. The summed E-state index contributed by atoms with van der Waals surface area (Å²) in [5.41, 5.74) is 1.47. The highest BCUT2D eigenvalue weighted by Gasteiger charge is 2.12. The van der Waals surface area contributed by atoms with Crippen LogP contribution in [0.4, 0.5) is 24.7 Å². The lowest BCUT2D eigenvalue weighted by Gasteiger charge is -2.10. The maximum atomic E-state index is 13.4. The predicted octanol–water partition coefficient (Wildman–Crippen LogP) is 3.42. The Labute approximate surface area is 107 Å². The lowest BCUT2D eigenvalue weighted by Crippen LogP contribution is -2.03. The summed E-state index contributed by atoms with van der Waals surface area (Å²) in [6.45, 7) is 1.72. The maximum absolute atomic E-state index is 13.4. The average Bonchev–Trinajstić information content (AvgIpc) is 2.38. The second-order valence-corrected chi connectivity index (χ2v) is 3.86. The molecule has 0 unspecified atom stereocenters. The third kappa shape index (κ3) is 2.65. The van der Waals surface area contributed by atoms with Crippen LogP contribution >= 0.6 is 0 Å². The minimum atomic E-state index is -1.39. The molecule has 2 rings (SSSR count). The smallest absolute Gasteiger partial charge is 0.251 e. The highest BCUT2D eigenvalue weighted by atomic mass is 19.2.